The summed E-state index contributed by atoms with van der Waals surface area (Å²) < 4.78 is 7.52. The van der Waals surface area contributed by atoms with Gasteiger partial charge in [0.2, 0.25) is 0 Å². The Hall–Kier alpha value is -2.38. The number of aromatic carboxylic acids is 1. The molecule has 2 aromatic rings. The van der Waals surface area contributed by atoms with Gasteiger partial charge in [-0.3, -0.25) is 9.58 Å². The Kier molecular flexibility index (Phi) is 4.31. The average Bonchev–Trinajstić information content (AvgIpc) is 3.06. The first-order valence-corrected chi connectivity index (χ1v) is 7.39. The number of carbonyl (C=O) groups is 1. The molecular formula is C16H19N3O4. The van der Waals surface area contributed by atoms with Gasteiger partial charge < -0.3 is 14.9 Å². The van der Waals surface area contributed by atoms with Gasteiger partial charge >= 0.3 is 5.97 Å². The van der Waals surface area contributed by atoms with E-state index in [-0.39, 0.29) is 11.7 Å². The van der Waals surface area contributed by atoms with Gasteiger partial charge in [0.25, 0.3) is 0 Å². The molecule has 2 N–H and O–H groups in total. The van der Waals surface area contributed by atoms with Crippen molar-refractivity contribution >= 4 is 5.97 Å². The zero-order valence-corrected chi connectivity index (χ0v) is 12.8. The standard InChI is InChI=1S/C16H19N3O4/c1-18-7-11(6-17-18)8-19-9-14(20)15(10-19)23-13-4-2-3-12(5-13)16(21)22/h2-7,14-15,20H,8-10H2,1H3,(H,21,22)/t14-,15-/m1/s1. The number of aryl methyl sites for hydroxylation is 1. The molecule has 0 saturated carbocycles. The zero-order valence-electron chi connectivity index (χ0n) is 12.8. The van der Waals surface area contributed by atoms with Crippen LogP contribution in [-0.4, -0.2) is 56.2 Å². The lowest BCUT2D eigenvalue weighted by Crippen LogP contribution is -2.30. The molecular weight excluding hydrogens is 298 g/mol. The molecule has 1 saturated heterocycles. The SMILES string of the molecule is Cn1cc(CN2C[C@@H](O)[C@H](Oc3cccc(C(=O)O)c3)C2)cn1. The Morgan fingerprint density at radius 3 is 2.96 bits per heavy atom. The van der Waals surface area contributed by atoms with Gasteiger partial charge in [-0.2, -0.15) is 5.10 Å². The van der Waals surface area contributed by atoms with Crippen molar-refractivity contribution in [3.63, 3.8) is 0 Å². The summed E-state index contributed by atoms with van der Waals surface area (Å²) in [7, 11) is 1.86. The highest BCUT2D eigenvalue weighted by Crippen LogP contribution is 2.21. The van der Waals surface area contributed by atoms with Gasteiger partial charge in [-0.25, -0.2) is 4.79 Å². The first-order valence-electron chi connectivity index (χ1n) is 7.39. The fourth-order valence-corrected chi connectivity index (χ4v) is 2.77. The Balaban J connectivity index is 1.62. The van der Waals surface area contributed by atoms with E-state index in [2.05, 4.69) is 10.00 Å². The second-order valence-corrected chi connectivity index (χ2v) is 5.77. The quantitative estimate of drug-likeness (QED) is 0.846. The lowest BCUT2D eigenvalue weighted by molar-refractivity contribution is 0.0688. The van der Waals surface area contributed by atoms with E-state index < -0.39 is 12.1 Å². The van der Waals surface area contributed by atoms with E-state index in [1.54, 1.807) is 23.0 Å². The number of aliphatic hydroxyl groups is 1. The van der Waals surface area contributed by atoms with E-state index in [1.807, 2.05) is 13.2 Å². The number of aliphatic hydroxyl groups excluding tert-OH is 1. The van der Waals surface area contributed by atoms with E-state index in [0.717, 1.165) is 5.56 Å². The van der Waals surface area contributed by atoms with Crippen LogP contribution in [0.1, 0.15) is 15.9 Å². The molecule has 122 valence electrons. The van der Waals surface area contributed by atoms with Gasteiger partial charge in [0, 0.05) is 38.4 Å². The monoisotopic (exact) mass is 317 g/mol. The van der Waals surface area contributed by atoms with Gasteiger partial charge in [-0.1, -0.05) is 6.07 Å². The van der Waals surface area contributed by atoms with Crippen molar-refractivity contribution in [3.05, 3.63) is 47.8 Å². The van der Waals surface area contributed by atoms with Crippen LogP contribution >= 0.6 is 0 Å². The lowest BCUT2D eigenvalue weighted by atomic mass is 10.2. The Morgan fingerprint density at radius 1 is 1.43 bits per heavy atom. The predicted octanol–water partition coefficient (Wildman–Crippen LogP) is 0.742. The molecule has 1 aliphatic heterocycles. The molecule has 0 unspecified atom stereocenters. The van der Waals surface area contributed by atoms with Crippen molar-refractivity contribution in [2.45, 2.75) is 18.8 Å². The second-order valence-electron chi connectivity index (χ2n) is 5.77. The third-order valence-electron chi connectivity index (χ3n) is 3.85. The number of nitrogens with zero attached hydrogens (tertiary/aromatic N) is 3. The van der Waals surface area contributed by atoms with Crippen LogP contribution in [0, 0.1) is 0 Å². The molecule has 7 heteroatoms. The molecule has 0 spiro atoms. The fraction of sp³-hybridized carbons (Fsp3) is 0.375. The van der Waals surface area contributed by atoms with Crippen LogP contribution in [0.25, 0.3) is 0 Å². The van der Waals surface area contributed by atoms with Gasteiger partial charge in [0.1, 0.15) is 18.0 Å². The highest BCUT2D eigenvalue weighted by Gasteiger charge is 2.33. The van der Waals surface area contributed by atoms with Gasteiger partial charge in [0.05, 0.1) is 11.8 Å². The number of β-amino-alcohol motifs (C(OH)–C–C–N with tert-alkyl or cyclic N) is 1. The van der Waals surface area contributed by atoms with Crippen LogP contribution in [0.3, 0.4) is 0 Å². The van der Waals surface area contributed by atoms with Crippen molar-refractivity contribution < 1.29 is 19.7 Å². The third kappa shape index (κ3) is 3.69. The van der Waals surface area contributed by atoms with Gasteiger partial charge in [-0.05, 0) is 18.2 Å². The van der Waals surface area contributed by atoms with E-state index in [4.69, 9.17) is 9.84 Å². The topological polar surface area (TPSA) is 87.8 Å². The number of ether oxygens (including phenoxy) is 1. The van der Waals surface area contributed by atoms with Crippen LogP contribution < -0.4 is 4.74 Å². The van der Waals surface area contributed by atoms with Crippen LogP contribution in [0.4, 0.5) is 0 Å². The largest absolute Gasteiger partial charge is 0.486 e. The summed E-state index contributed by atoms with van der Waals surface area (Å²) in [5.41, 5.74) is 1.25. The molecule has 2 heterocycles. The number of rotatable bonds is 5. The Bertz CT molecular complexity index is 700. The van der Waals surface area contributed by atoms with Crippen LogP contribution in [0.5, 0.6) is 5.75 Å². The van der Waals surface area contributed by atoms with E-state index in [9.17, 15) is 9.90 Å². The normalized spacial score (nSPS) is 21.5. The summed E-state index contributed by atoms with van der Waals surface area (Å²) in [5, 5.41) is 23.3. The van der Waals surface area contributed by atoms with Crippen LogP contribution in [0.15, 0.2) is 36.7 Å². The van der Waals surface area contributed by atoms with Crippen molar-refractivity contribution in [2.24, 2.45) is 7.05 Å². The molecule has 0 radical (unpaired) electrons. The average molecular weight is 317 g/mol. The van der Waals surface area contributed by atoms with Gasteiger partial charge in [0.15, 0.2) is 0 Å². The zero-order chi connectivity index (χ0) is 16.4. The minimum Gasteiger partial charge on any atom is -0.486 e. The summed E-state index contributed by atoms with van der Waals surface area (Å²) in [6, 6.07) is 6.31. The number of carboxylic acids is 1. The highest BCUT2D eigenvalue weighted by atomic mass is 16.5. The number of likely N-dealkylation sites (tertiary alicyclic amines) is 1. The highest BCUT2D eigenvalue weighted by molar-refractivity contribution is 5.88. The van der Waals surface area contributed by atoms with Crippen molar-refractivity contribution in [2.75, 3.05) is 13.1 Å². The van der Waals surface area contributed by atoms with Crippen molar-refractivity contribution in [1.29, 1.82) is 0 Å². The molecule has 0 amide bonds. The second kappa shape index (κ2) is 6.39. The molecule has 1 aromatic carbocycles. The number of hydrogen-bond acceptors (Lipinski definition) is 5. The van der Waals surface area contributed by atoms with Crippen LogP contribution in [0.2, 0.25) is 0 Å². The number of benzene rings is 1. The maximum absolute atomic E-state index is 11.0. The third-order valence-corrected chi connectivity index (χ3v) is 3.85. The summed E-state index contributed by atoms with van der Waals surface area (Å²) in [5.74, 6) is -0.544. The predicted molar refractivity (Wildman–Crippen MR) is 82.3 cm³/mol. The molecule has 23 heavy (non-hydrogen) atoms. The first-order chi connectivity index (χ1) is 11.0. The minimum atomic E-state index is -0.999. The summed E-state index contributed by atoms with van der Waals surface area (Å²) >= 11 is 0. The first kappa shape index (κ1) is 15.5. The fourth-order valence-electron chi connectivity index (χ4n) is 2.77. The minimum absolute atomic E-state index is 0.169. The van der Waals surface area contributed by atoms with Crippen LogP contribution in [-0.2, 0) is 13.6 Å². The summed E-state index contributed by atoms with van der Waals surface area (Å²) in [6.45, 7) is 1.78. The van der Waals surface area contributed by atoms with Crippen molar-refractivity contribution in [3.8, 4) is 5.75 Å². The summed E-state index contributed by atoms with van der Waals surface area (Å²) in [6.07, 6.45) is 2.75. The Morgan fingerprint density at radius 2 is 2.26 bits per heavy atom. The lowest BCUT2D eigenvalue weighted by Gasteiger charge is -2.17. The van der Waals surface area contributed by atoms with E-state index in [0.29, 0.717) is 25.4 Å². The van der Waals surface area contributed by atoms with Crippen molar-refractivity contribution in [1.82, 2.24) is 14.7 Å². The molecule has 2 atom stereocenters. The number of aromatic nitrogens is 2. The Labute approximate surface area is 133 Å². The van der Waals surface area contributed by atoms with Gasteiger partial charge in [-0.15, -0.1) is 0 Å². The maximum Gasteiger partial charge on any atom is 0.335 e. The molecule has 0 aliphatic carbocycles. The molecule has 0 bridgehead atoms. The smallest absolute Gasteiger partial charge is 0.335 e. The molecule has 1 fully saturated rings. The maximum atomic E-state index is 11.0. The van der Waals surface area contributed by atoms with E-state index >= 15 is 0 Å². The van der Waals surface area contributed by atoms with E-state index in [1.165, 1.54) is 12.1 Å². The molecule has 1 aliphatic rings. The number of hydrogen-bond donors (Lipinski definition) is 2. The molecule has 3 rings (SSSR count). The molecule has 1 aromatic heterocycles. The summed E-state index contributed by atoms with van der Waals surface area (Å²) in [4.78, 5) is 13.1. The number of carboxylic acid groups (broad SMARTS) is 1. The molecule has 7 nitrogen and oxygen atoms in total.